The molecule has 0 spiro atoms. The first kappa shape index (κ1) is 10.5. The fraction of sp³-hybridized carbons (Fsp3) is 0. The molecule has 0 atom stereocenters. The summed E-state index contributed by atoms with van der Waals surface area (Å²) >= 11 is 3.29. The highest BCUT2D eigenvalue weighted by molar-refractivity contribution is 7.14. The largest absolute Gasteiger partial charge is 0.353 e. The third-order valence-corrected chi connectivity index (χ3v) is 4.32. The molecule has 0 aliphatic heterocycles. The Balaban J connectivity index is 2.13. The van der Waals surface area contributed by atoms with Crippen molar-refractivity contribution >= 4 is 29.0 Å². The summed E-state index contributed by atoms with van der Waals surface area (Å²) in [7, 11) is 0. The smallest absolute Gasteiger partial charge is 0.152 e. The van der Waals surface area contributed by atoms with E-state index in [9.17, 15) is 4.79 Å². The number of nitrogens with one attached hydrogen (secondary N) is 1. The molecule has 0 unspecified atom stereocenters. The number of aromatic nitrogens is 1. The summed E-state index contributed by atoms with van der Waals surface area (Å²) in [5, 5.41) is 4.04. The number of carbonyl (C=O) groups excluding carboxylic acids is 1. The lowest BCUT2D eigenvalue weighted by atomic mass is 10.2. The molecule has 3 aromatic rings. The molecule has 0 fully saturated rings. The third-order valence-electron chi connectivity index (χ3n) is 2.53. The van der Waals surface area contributed by atoms with E-state index in [1.54, 1.807) is 22.7 Å². The molecular formula is C13H9NOS2. The van der Waals surface area contributed by atoms with Gasteiger partial charge in [-0.05, 0) is 29.0 Å². The van der Waals surface area contributed by atoms with E-state index in [1.165, 1.54) is 0 Å². The van der Waals surface area contributed by atoms with Crippen molar-refractivity contribution in [2.24, 2.45) is 0 Å². The average Bonchev–Trinajstić information content (AvgIpc) is 3.09. The first-order valence-electron chi connectivity index (χ1n) is 5.14. The van der Waals surface area contributed by atoms with Crippen LogP contribution in [0.3, 0.4) is 0 Å². The SMILES string of the molecule is O=Cc1cc(-c2cccs2)[nH]c1-c1cccs1. The van der Waals surface area contributed by atoms with E-state index < -0.39 is 0 Å². The number of aromatic amines is 1. The van der Waals surface area contributed by atoms with Crippen LogP contribution in [0.15, 0.2) is 41.1 Å². The third kappa shape index (κ3) is 1.85. The Kier molecular flexibility index (Phi) is 2.66. The highest BCUT2D eigenvalue weighted by Crippen LogP contribution is 2.32. The highest BCUT2D eigenvalue weighted by Gasteiger charge is 2.11. The Morgan fingerprint density at radius 2 is 1.76 bits per heavy atom. The fourth-order valence-electron chi connectivity index (χ4n) is 1.75. The molecule has 2 nitrogen and oxygen atoms in total. The molecular weight excluding hydrogens is 250 g/mol. The monoisotopic (exact) mass is 259 g/mol. The minimum Gasteiger partial charge on any atom is -0.353 e. The zero-order valence-corrected chi connectivity index (χ0v) is 10.5. The molecule has 0 saturated carbocycles. The maximum absolute atomic E-state index is 11.1. The van der Waals surface area contributed by atoms with Gasteiger partial charge in [-0.2, -0.15) is 0 Å². The van der Waals surface area contributed by atoms with Crippen LogP contribution in [-0.2, 0) is 0 Å². The predicted octanol–water partition coefficient (Wildman–Crippen LogP) is 4.28. The van der Waals surface area contributed by atoms with Gasteiger partial charge in [-0.3, -0.25) is 4.79 Å². The van der Waals surface area contributed by atoms with Gasteiger partial charge in [0.15, 0.2) is 6.29 Å². The van der Waals surface area contributed by atoms with Crippen LogP contribution in [0.1, 0.15) is 10.4 Å². The van der Waals surface area contributed by atoms with Crippen molar-refractivity contribution < 1.29 is 4.79 Å². The number of carbonyl (C=O) groups is 1. The van der Waals surface area contributed by atoms with E-state index in [0.29, 0.717) is 0 Å². The first-order valence-corrected chi connectivity index (χ1v) is 6.90. The molecule has 17 heavy (non-hydrogen) atoms. The van der Waals surface area contributed by atoms with Gasteiger partial charge in [-0.25, -0.2) is 0 Å². The predicted molar refractivity (Wildman–Crippen MR) is 72.8 cm³/mol. The van der Waals surface area contributed by atoms with Crippen LogP contribution in [0.25, 0.3) is 21.1 Å². The van der Waals surface area contributed by atoms with Gasteiger partial charge in [-0.15, -0.1) is 22.7 Å². The quantitative estimate of drug-likeness (QED) is 0.699. The van der Waals surface area contributed by atoms with Gasteiger partial charge in [0.25, 0.3) is 0 Å². The van der Waals surface area contributed by atoms with Crippen molar-refractivity contribution in [3.05, 3.63) is 46.7 Å². The van der Waals surface area contributed by atoms with Crippen molar-refractivity contribution in [3.63, 3.8) is 0 Å². The minimum atomic E-state index is 0.718. The van der Waals surface area contributed by atoms with Crippen LogP contribution in [0.2, 0.25) is 0 Å². The summed E-state index contributed by atoms with van der Waals surface area (Å²) in [5.74, 6) is 0. The Bertz CT molecular complexity index is 620. The van der Waals surface area contributed by atoms with Gasteiger partial charge in [0.05, 0.1) is 21.1 Å². The van der Waals surface area contributed by atoms with E-state index >= 15 is 0 Å². The Morgan fingerprint density at radius 3 is 2.35 bits per heavy atom. The molecule has 0 aliphatic carbocycles. The number of aldehydes is 1. The van der Waals surface area contributed by atoms with Gasteiger partial charge in [0.1, 0.15) is 0 Å². The van der Waals surface area contributed by atoms with Gasteiger partial charge in [0, 0.05) is 5.56 Å². The van der Waals surface area contributed by atoms with Gasteiger partial charge in [-0.1, -0.05) is 12.1 Å². The highest BCUT2D eigenvalue weighted by atomic mass is 32.1. The molecule has 0 radical (unpaired) electrons. The van der Waals surface area contributed by atoms with Crippen molar-refractivity contribution in [2.75, 3.05) is 0 Å². The lowest BCUT2D eigenvalue weighted by Gasteiger charge is -1.94. The second-order valence-corrected chi connectivity index (χ2v) is 5.48. The molecule has 3 aromatic heterocycles. The molecule has 0 aromatic carbocycles. The molecule has 3 rings (SSSR count). The number of rotatable bonds is 3. The summed E-state index contributed by atoms with van der Waals surface area (Å²) in [6.07, 6.45) is 0.905. The average molecular weight is 259 g/mol. The lowest BCUT2D eigenvalue weighted by Crippen LogP contribution is -1.79. The Labute approximate surface area is 107 Å². The van der Waals surface area contributed by atoms with E-state index in [4.69, 9.17) is 0 Å². The number of H-pyrrole nitrogens is 1. The molecule has 84 valence electrons. The Morgan fingerprint density at radius 1 is 1.06 bits per heavy atom. The molecule has 0 saturated heterocycles. The van der Waals surface area contributed by atoms with Crippen molar-refractivity contribution in [2.45, 2.75) is 0 Å². The zero-order chi connectivity index (χ0) is 11.7. The first-order chi connectivity index (χ1) is 8.38. The molecule has 1 N–H and O–H groups in total. The second kappa shape index (κ2) is 4.31. The van der Waals surface area contributed by atoms with E-state index in [-0.39, 0.29) is 0 Å². The second-order valence-electron chi connectivity index (χ2n) is 3.59. The van der Waals surface area contributed by atoms with Gasteiger partial charge in [0.2, 0.25) is 0 Å². The summed E-state index contributed by atoms with van der Waals surface area (Å²) < 4.78 is 0. The number of thiophene rings is 2. The molecule has 0 bridgehead atoms. The van der Waals surface area contributed by atoms with Crippen LogP contribution in [0, 0.1) is 0 Å². The molecule has 4 heteroatoms. The zero-order valence-electron chi connectivity index (χ0n) is 8.84. The summed E-state index contributed by atoms with van der Waals surface area (Å²) in [4.78, 5) is 16.7. The molecule has 3 heterocycles. The van der Waals surface area contributed by atoms with Crippen molar-refractivity contribution in [3.8, 4) is 21.1 Å². The summed E-state index contributed by atoms with van der Waals surface area (Å²) in [5.41, 5.74) is 2.64. The van der Waals surface area contributed by atoms with Crippen LogP contribution < -0.4 is 0 Å². The van der Waals surface area contributed by atoms with Crippen LogP contribution >= 0.6 is 22.7 Å². The molecule has 0 aliphatic rings. The van der Waals surface area contributed by atoms with E-state index in [2.05, 4.69) is 4.98 Å². The number of hydrogen-bond acceptors (Lipinski definition) is 3. The topological polar surface area (TPSA) is 32.9 Å². The van der Waals surface area contributed by atoms with Gasteiger partial charge >= 0.3 is 0 Å². The minimum absolute atomic E-state index is 0.718. The van der Waals surface area contributed by atoms with Crippen LogP contribution in [-0.4, -0.2) is 11.3 Å². The summed E-state index contributed by atoms with van der Waals surface area (Å²) in [6, 6.07) is 9.96. The maximum Gasteiger partial charge on any atom is 0.152 e. The standard InChI is InChI=1S/C13H9NOS2/c15-8-9-7-10(11-3-1-5-16-11)14-13(9)12-4-2-6-17-12/h1-8,14H. The lowest BCUT2D eigenvalue weighted by molar-refractivity contribution is 0.112. The fourth-order valence-corrected chi connectivity index (χ4v) is 3.20. The Hall–Kier alpha value is -1.65. The van der Waals surface area contributed by atoms with Crippen molar-refractivity contribution in [1.82, 2.24) is 4.98 Å². The molecule has 0 amide bonds. The normalized spacial score (nSPS) is 10.6. The van der Waals surface area contributed by atoms with Crippen LogP contribution in [0.5, 0.6) is 0 Å². The van der Waals surface area contributed by atoms with Crippen LogP contribution in [0.4, 0.5) is 0 Å². The van der Waals surface area contributed by atoms with Gasteiger partial charge < -0.3 is 4.98 Å². The van der Waals surface area contributed by atoms with E-state index in [1.807, 2.05) is 41.1 Å². The number of hydrogen-bond donors (Lipinski definition) is 1. The van der Waals surface area contributed by atoms with E-state index in [0.717, 1.165) is 33.0 Å². The maximum atomic E-state index is 11.1. The summed E-state index contributed by atoms with van der Waals surface area (Å²) in [6.45, 7) is 0. The van der Waals surface area contributed by atoms with Crippen molar-refractivity contribution in [1.29, 1.82) is 0 Å².